The molecule has 0 saturated carbocycles. The summed E-state index contributed by atoms with van der Waals surface area (Å²) in [5.41, 5.74) is 1.35. The van der Waals surface area contributed by atoms with Crippen LogP contribution >= 0.6 is 11.6 Å². The molecule has 0 radical (unpaired) electrons. The second-order valence-corrected chi connectivity index (χ2v) is 4.91. The van der Waals surface area contributed by atoms with Crippen LogP contribution in [0.15, 0.2) is 48.5 Å². The van der Waals surface area contributed by atoms with Crippen molar-refractivity contribution < 1.29 is 14.3 Å². The summed E-state index contributed by atoms with van der Waals surface area (Å²) >= 11 is 6.11. The van der Waals surface area contributed by atoms with E-state index in [9.17, 15) is 14.3 Å². The zero-order chi connectivity index (χ0) is 15.0. The normalized spacial score (nSPS) is 10.8. The summed E-state index contributed by atoms with van der Waals surface area (Å²) in [4.78, 5) is 15.7. The Hall–Kier alpha value is -2.46. The number of carboxylic acid groups (broad SMARTS) is 1. The molecule has 0 bridgehead atoms. The van der Waals surface area contributed by atoms with E-state index in [2.05, 4.69) is 4.98 Å². The second kappa shape index (κ2) is 5.14. The van der Waals surface area contributed by atoms with Gasteiger partial charge in [-0.15, -0.1) is 0 Å². The van der Waals surface area contributed by atoms with Crippen molar-refractivity contribution in [1.82, 2.24) is 4.98 Å². The van der Waals surface area contributed by atoms with E-state index >= 15 is 0 Å². The fourth-order valence-electron chi connectivity index (χ4n) is 2.19. The molecule has 0 atom stereocenters. The summed E-state index contributed by atoms with van der Waals surface area (Å²) in [6.45, 7) is 0. The van der Waals surface area contributed by atoms with Gasteiger partial charge in [-0.2, -0.15) is 0 Å². The number of carboxylic acids is 1. The number of carbonyl (C=O) groups is 1. The molecule has 3 aromatic rings. The first kappa shape index (κ1) is 13.5. The molecule has 5 heteroatoms. The molecule has 0 saturated heterocycles. The molecule has 0 aliphatic carbocycles. The molecule has 0 aliphatic heterocycles. The topological polar surface area (TPSA) is 50.2 Å². The SMILES string of the molecule is O=C(O)c1cc(-c2ccccc2Cl)nc2cc(F)ccc12. The Labute approximate surface area is 124 Å². The van der Waals surface area contributed by atoms with E-state index in [0.717, 1.165) is 0 Å². The van der Waals surface area contributed by atoms with Crippen LogP contribution in [0.3, 0.4) is 0 Å². The standard InChI is InChI=1S/C16H9ClFNO2/c17-13-4-2-1-3-11(13)15-8-12(16(20)21)10-6-5-9(18)7-14(10)19-15/h1-8H,(H,20,21). The lowest BCUT2D eigenvalue weighted by Crippen LogP contribution is -2.00. The van der Waals surface area contributed by atoms with Crippen molar-refractivity contribution in [2.45, 2.75) is 0 Å². The lowest BCUT2D eigenvalue weighted by molar-refractivity contribution is 0.0699. The predicted octanol–water partition coefficient (Wildman–Crippen LogP) is 4.39. The third-order valence-corrected chi connectivity index (χ3v) is 3.48. The van der Waals surface area contributed by atoms with Crippen LogP contribution in [0.5, 0.6) is 0 Å². The molecule has 0 amide bonds. The van der Waals surface area contributed by atoms with Gasteiger partial charge < -0.3 is 5.11 Å². The number of aromatic carboxylic acids is 1. The quantitative estimate of drug-likeness (QED) is 0.763. The molecule has 0 fully saturated rings. The van der Waals surface area contributed by atoms with Crippen molar-refractivity contribution in [1.29, 1.82) is 0 Å². The van der Waals surface area contributed by atoms with Crippen molar-refractivity contribution in [2.75, 3.05) is 0 Å². The zero-order valence-corrected chi connectivity index (χ0v) is 11.4. The highest BCUT2D eigenvalue weighted by atomic mass is 35.5. The molecule has 104 valence electrons. The highest BCUT2D eigenvalue weighted by molar-refractivity contribution is 6.33. The van der Waals surface area contributed by atoms with E-state index in [1.54, 1.807) is 24.3 Å². The van der Waals surface area contributed by atoms with Gasteiger partial charge in [-0.3, -0.25) is 0 Å². The van der Waals surface area contributed by atoms with Crippen molar-refractivity contribution in [2.24, 2.45) is 0 Å². The van der Waals surface area contributed by atoms with Gasteiger partial charge in [0, 0.05) is 22.0 Å². The molecule has 21 heavy (non-hydrogen) atoms. The zero-order valence-electron chi connectivity index (χ0n) is 10.7. The lowest BCUT2D eigenvalue weighted by atomic mass is 10.0. The van der Waals surface area contributed by atoms with E-state index in [1.807, 2.05) is 0 Å². The largest absolute Gasteiger partial charge is 0.478 e. The van der Waals surface area contributed by atoms with Crippen LogP contribution in [0, 0.1) is 5.82 Å². The number of halogens is 2. The monoisotopic (exact) mass is 301 g/mol. The molecule has 3 nitrogen and oxygen atoms in total. The fraction of sp³-hybridized carbons (Fsp3) is 0. The highest BCUT2D eigenvalue weighted by Gasteiger charge is 2.14. The average Bonchev–Trinajstić information content (AvgIpc) is 2.46. The van der Waals surface area contributed by atoms with Gasteiger partial charge >= 0.3 is 5.97 Å². The molecule has 0 spiro atoms. The Morgan fingerprint density at radius 3 is 2.62 bits per heavy atom. The van der Waals surface area contributed by atoms with Crippen molar-refractivity contribution in [3.63, 3.8) is 0 Å². The van der Waals surface area contributed by atoms with Gasteiger partial charge in [0.2, 0.25) is 0 Å². The molecule has 0 unspecified atom stereocenters. The number of hydrogen-bond donors (Lipinski definition) is 1. The van der Waals surface area contributed by atoms with E-state index in [4.69, 9.17) is 11.6 Å². The van der Waals surface area contributed by atoms with Crippen molar-refractivity contribution in [3.05, 3.63) is 64.9 Å². The van der Waals surface area contributed by atoms with E-state index in [0.29, 0.717) is 21.7 Å². The van der Waals surface area contributed by atoms with Gasteiger partial charge in [-0.1, -0.05) is 29.8 Å². The third kappa shape index (κ3) is 2.45. The molecular weight excluding hydrogens is 293 g/mol. The Kier molecular flexibility index (Phi) is 3.31. The number of aromatic nitrogens is 1. The third-order valence-electron chi connectivity index (χ3n) is 3.15. The number of benzene rings is 2. The summed E-state index contributed by atoms with van der Waals surface area (Å²) in [5.74, 6) is -1.56. The first-order valence-corrected chi connectivity index (χ1v) is 6.52. The minimum Gasteiger partial charge on any atom is -0.478 e. The van der Waals surface area contributed by atoms with Crippen LogP contribution in [0.2, 0.25) is 5.02 Å². The van der Waals surface area contributed by atoms with Crippen molar-refractivity contribution in [3.8, 4) is 11.3 Å². The van der Waals surface area contributed by atoms with E-state index < -0.39 is 11.8 Å². The number of fused-ring (bicyclic) bond motifs is 1. The average molecular weight is 302 g/mol. The minimum absolute atomic E-state index is 0.0647. The first-order chi connectivity index (χ1) is 10.1. The number of rotatable bonds is 2. The molecule has 1 heterocycles. The van der Waals surface area contributed by atoms with Crippen LogP contribution in [0.1, 0.15) is 10.4 Å². The highest BCUT2D eigenvalue weighted by Crippen LogP contribution is 2.30. The maximum Gasteiger partial charge on any atom is 0.336 e. The smallest absolute Gasteiger partial charge is 0.336 e. The van der Waals surface area contributed by atoms with Gasteiger partial charge in [0.05, 0.1) is 16.8 Å². The van der Waals surface area contributed by atoms with Gasteiger partial charge in [0.25, 0.3) is 0 Å². The predicted molar refractivity (Wildman–Crippen MR) is 79.1 cm³/mol. The van der Waals surface area contributed by atoms with E-state index in [-0.39, 0.29) is 11.1 Å². The second-order valence-electron chi connectivity index (χ2n) is 4.50. The Morgan fingerprint density at radius 1 is 1.14 bits per heavy atom. The number of hydrogen-bond acceptors (Lipinski definition) is 2. The summed E-state index contributed by atoms with van der Waals surface area (Å²) in [7, 11) is 0. The maximum absolute atomic E-state index is 13.4. The molecular formula is C16H9ClFNO2. The molecule has 1 N–H and O–H groups in total. The minimum atomic E-state index is -1.10. The summed E-state index contributed by atoms with van der Waals surface area (Å²) < 4.78 is 13.4. The molecule has 1 aromatic heterocycles. The van der Waals surface area contributed by atoms with Crippen LogP contribution in [-0.4, -0.2) is 16.1 Å². The summed E-state index contributed by atoms with van der Waals surface area (Å²) in [6.07, 6.45) is 0. The van der Waals surface area contributed by atoms with Crippen LogP contribution in [-0.2, 0) is 0 Å². The van der Waals surface area contributed by atoms with Crippen molar-refractivity contribution >= 4 is 28.5 Å². The van der Waals surface area contributed by atoms with Gasteiger partial charge in [0.15, 0.2) is 0 Å². The number of nitrogens with zero attached hydrogens (tertiary/aromatic N) is 1. The number of pyridine rings is 1. The van der Waals surface area contributed by atoms with Gasteiger partial charge in [-0.05, 0) is 24.3 Å². The molecule has 3 rings (SSSR count). The fourth-order valence-corrected chi connectivity index (χ4v) is 2.42. The Morgan fingerprint density at radius 2 is 1.90 bits per heavy atom. The maximum atomic E-state index is 13.4. The Balaban J connectivity index is 2.35. The summed E-state index contributed by atoms with van der Waals surface area (Å²) in [5, 5.41) is 10.2. The van der Waals surface area contributed by atoms with Crippen LogP contribution in [0.25, 0.3) is 22.2 Å². The summed E-state index contributed by atoms with van der Waals surface area (Å²) in [6, 6.07) is 12.3. The molecule has 2 aromatic carbocycles. The molecule has 0 aliphatic rings. The van der Waals surface area contributed by atoms with Gasteiger partial charge in [-0.25, -0.2) is 14.2 Å². The lowest BCUT2D eigenvalue weighted by Gasteiger charge is -2.08. The Bertz CT molecular complexity index is 864. The van der Waals surface area contributed by atoms with Crippen LogP contribution < -0.4 is 0 Å². The van der Waals surface area contributed by atoms with Crippen LogP contribution in [0.4, 0.5) is 4.39 Å². The van der Waals surface area contributed by atoms with E-state index in [1.165, 1.54) is 24.3 Å². The first-order valence-electron chi connectivity index (χ1n) is 6.15. The van der Waals surface area contributed by atoms with Gasteiger partial charge in [0.1, 0.15) is 5.82 Å².